The van der Waals surface area contributed by atoms with Crippen LogP contribution < -0.4 is 0 Å². The Hall–Kier alpha value is -1.58. The summed E-state index contributed by atoms with van der Waals surface area (Å²) in [6.45, 7) is 11.6. The molecule has 0 atom stereocenters. The van der Waals surface area contributed by atoms with Gasteiger partial charge in [-0.1, -0.05) is 64.8 Å². The molecule has 0 aliphatic heterocycles. The van der Waals surface area contributed by atoms with Gasteiger partial charge in [-0.15, -0.1) is 0 Å². The van der Waals surface area contributed by atoms with Crippen molar-refractivity contribution >= 4 is 11.9 Å². The molecule has 0 heterocycles. The van der Waals surface area contributed by atoms with Gasteiger partial charge in [-0.05, 0) is 0 Å². The van der Waals surface area contributed by atoms with E-state index in [-0.39, 0.29) is 26.1 Å². The fourth-order valence-corrected chi connectivity index (χ4v) is 1.15. The first-order valence-electron chi connectivity index (χ1n) is 7.15. The quantitative estimate of drug-likeness (QED) is 0.348. The molecular formula is C16H28O4. The molecule has 20 heavy (non-hydrogen) atoms. The number of unbranched alkanes of at least 4 members (excludes halogenated alkanes) is 3. The zero-order chi connectivity index (χ0) is 15.6. The Morgan fingerprint density at radius 2 is 1.20 bits per heavy atom. The second-order valence-corrected chi connectivity index (χ2v) is 4.15. The topological polar surface area (TPSA) is 52.6 Å². The molecule has 0 fully saturated rings. The van der Waals surface area contributed by atoms with E-state index in [1.165, 1.54) is 37.8 Å². The molecule has 0 aromatic heterocycles. The van der Waals surface area contributed by atoms with Gasteiger partial charge in [0, 0.05) is 0 Å². The Bertz CT molecular complexity index is 244. The Morgan fingerprint density at radius 3 is 1.45 bits per heavy atom. The van der Waals surface area contributed by atoms with Crippen LogP contribution in [0.3, 0.4) is 0 Å². The first-order valence-corrected chi connectivity index (χ1v) is 7.15. The van der Waals surface area contributed by atoms with Crippen molar-refractivity contribution in [2.75, 3.05) is 13.2 Å². The van der Waals surface area contributed by atoms with Gasteiger partial charge in [0.2, 0.25) is 0 Å². The summed E-state index contributed by atoms with van der Waals surface area (Å²) in [5, 5.41) is 0. The molecule has 0 unspecified atom stereocenters. The maximum atomic E-state index is 10.9. The lowest BCUT2D eigenvalue weighted by atomic mass is 10.2. The number of carbonyl (C=O) groups is 2. The van der Waals surface area contributed by atoms with Gasteiger partial charge in [-0.2, -0.15) is 0 Å². The number of esters is 2. The van der Waals surface area contributed by atoms with E-state index in [2.05, 4.69) is 36.5 Å². The van der Waals surface area contributed by atoms with Gasteiger partial charge in [0.15, 0.2) is 0 Å². The predicted molar refractivity (Wildman–Crippen MR) is 81.4 cm³/mol. The third-order valence-corrected chi connectivity index (χ3v) is 2.21. The third kappa shape index (κ3) is 18.8. The van der Waals surface area contributed by atoms with Crippen molar-refractivity contribution in [1.29, 1.82) is 0 Å². The summed E-state index contributed by atoms with van der Waals surface area (Å²) in [5.74, 6) is -0.860. The number of rotatable bonds is 10. The fraction of sp³-hybridized carbons (Fsp3) is 0.625. The zero-order valence-electron chi connectivity index (χ0n) is 12.9. The molecule has 0 amide bonds. The SMILES string of the molecule is C=CCOC(=O)CCC(=O)OCC=C.CCCCCC. The number of hydrogen-bond acceptors (Lipinski definition) is 4. The Labute approximate surface area is 122 Å². The minimum atomic E-state index is -0.430. The third-order valence-electron chi connectivity index (χ3n) is 2.21. The van der Waals surface area contributed by atoms with Crippen molar-refractivity contribution in [1.82, 2.24) is 0 Å². The number of carbonyl (C=O) groups excluding carboxylic acids is 2. The molecule has 0 aromatic carbocycles. The summed E-state index contributed by atoms with van der Waals surface area (Å²) in [5.41, 5.74) is 0. The van der Waals surface area contributed by atoms with E-state index in [1.807, 2.05) is 0 Å². The van der Waals surface area contributed by atoms with Gasteiger partial charge >= 0.3 is 11.9 Å². The van der Waals surface area contributed by atoms with E-state index in [0.29, 0.717) is 0 Å². The summed E-state index contributed by atoms with van der Waals surface area (Å²) in [7, 11) is 0. The van der Waals surface area contributed by atoms with Gasteiger partial charge in [0.1, 0.15) is 13.2 Å². The summed E-state index contributed by atoms with van der Waals surface area (Å²) in [6.07, 6.45) is 8.53. The van der Waals surface area contributed by atoms with Gasteiger partial charge in [-0.3, -0.25) is 9.59 Å². The van der Waals surface area contributed by atoms with Gasteiger partial charge < -0.3 is 9.47 Å². The highest BCUT2D eigenvalue weighted by Gasteiger charge is 2.07. The molecule has 0 N–H and O–H groups in total. The minimum absolute atomic E-state index is 0.0316. The largest absolute Gasteiger partial charge is 0.461 e. The number of hydrogen-bond donors (Lipinski definition) is 0. The van der Waals surface area contributed by atoms with Crippen LogP contribution >= 0.6 is 0 Å². The van der Waals surface area contributed by atoms with E-state index in [1.54, 1.807) is 0 Å². The van der Waals surface area contributed by atoms with E-state index in [9.17, 15) is 9.59 Å². The molecule has 0 aromatic rings. The Morgan fingerprint density at radius 1 is 0.850 bits per heavy atom. The normalized spacial score (nSPS) is 8.90. The first kappa shape index (κ1) is 20.7. The maximum absolute atomic E-state index is 10.9. The average Bonchev–Trinajstić information content (AvgIpc) is 2.47. The first-order chi connectivity index (χ1) is 9.62. The van der Waals surface area contributed by atoms with E-state index < -0.39 is 11.9 Å². The molecule has 0 saturated heterocycles. The number of ether oxygens (including phenoxy) is 2. The van der Waals surface area contributed by atoms with Gasteiger partial charge in [-0.25, -0.2) is 0 Å². The van der Waals surface area contributed by atoms with Crippen LogP contribution in [0.1, 0.15) is 52.4 Å². The van der Waals surface area contributed by atoms with Crippen LogP contribution in [-0.2, 0) is 19.1 Å². The fourth-order valence-electron chi connectivity index (χ4n) is 1.15. The summed E-state index contributed by atoms with van der Waals surface area (Å²) < 4.78 is 9.32. The van der Waals surface area contributed by atoms with Gasteiger partial charge in [0.05, 0.1) is 12.8 Å². The van der Waals surface area contributed by atoms with Crippen LogP contribution in [0.5, 0.6) is 0 Å². The van der Waals surface area contributed by atoms with E-state index >= 15 is 0 Å². The molecule has 4 nitrogen and oxygen atoms in total. The van der Waals surface area contributed by atoms with Crippen molar-refractivity contribution in [2.24, 2.45) is 0 Å². The lowest BCUT2D eigenvalue weighted by molar-refractivity contribution is -0.149. The molecule has 116 valence electrons. The summed E-state index contributed by atoms with van der Waals surface area (Å²) in [4.78, 5) is 21.8. The van der Waals surface area contributed by atoms with Crippen LogP contribution in [0, 0.1) is 0 Å². The maximum Gasteiger partial charge on any atom is 0.306 e. The Kier molecular flexibility index (Phi) is 18.1. The van der Waals surface area contributed by atoms with E-state index in [0.717, 1.165) is 0 Å². The lowest BCUT2D eigenvalue weighted by Crippen LogP contribution is -2.10. The second kappa shape index (κ2) is 17.4. The smallest absolute Gasteiger partial charge is 0.306 e. The average molecular weight is 284 g/mol. The van der Waals surface area contributed by atoms with Crippen LogP contribution in [0.4, 0.5) is 0 Å². The molecule has 4 heteroatoms. The second-order valence-electron chi connectivity index (χ2n) is 4.15. The Balaban J connectivity index is 0. The van der Waals surface area contributed by atoms with Gasteiger partial charge in [0.25, 0.3) is 0 Å². The van der Waals surface area contributed by atoms with Crippen molar-refractivity contribution in [3.8, 4) is 0 Å². The molecule has 0 spiro atoms. The molecular weight excluding hydrogens is 256 g/mol. The van der Waals surface area contributed by atoms with Crippen LogP contribution in [-0.4, -0.2) is 25.2 Å². The predicted octanol–water partition coefficient (Wildman–Crippen LogP) is 3.81. The minimum Gasteiger partial charge on any atom is -0.461 e. The van der Waals surface area contributed by atoms with Crippen molar-refractivity contribution in [3.63, 3.8) is 0 Å². The van der Waals surface area contributed by atoms with Crippen molar-refractivity contribution < 1.29 is 19.1 Å². The van der Waals surface area contributed by atoms with Crippen LogP contribution in [0.2, 0.25) is 0 Å². The highest BCUT2D eigenvalue weighted by Crippen LogP contribution is 1.96. The molecule has 0 bridgehead atoms. The summed E-state index contributed by atoms with van der Waals surface area (Å²) in [6, 6.07) is 0. The standard InChI is InChI=1S/C10H14O4.C6H14/c1-3-7-13-9(11)5-6-10(12)14-8-4-2;1-3-5-6-4-2/h3-4H,1-2,5-8H2;3-6H2,1-2H3. The summed E-state index contributed by atoms with van der Waals surface area (Å²) >= 11 is 0. The highest BCUT2D eigenvalue weighted by atomic mass is 16.5. The molecule has 0 aliphatic carbocycles. The zero-order valence-corrected chi connectivity index (χ0v) is 12.9. The van der Waals surface area contributed by atoms with Crippen LogP contribution in [0.25, 0.3) is 0 Å². The van der Waals surface area contributed by atoms with Crippen molar-refractivity contribution in [3.05, 3.63) is 25.3 Å². The molecule has 0 saturated carbocycles. The molecule has 0 radical (unpaired) electrons. The lowest BCUT2D eigenvalue weighted by Gasteiger charge is -2.02. The highest BCUT2D eigenvalue weighted by molar-refractivity contribution is 5.77. The van der Waals surface area contributed by atoms with E-state index in [4.69, 9.17) is 0 Å². The van der Waals surface area contributed by atoms with Crippen LogP contribution in [0.15, 0.2) is 25.3 Å². The monoisotopic (exact) mass is 284 g/mol. The van der Waals surface area contributed by atoms with Crippen molar-refractivity contribution in [2.45, 2.75) is 52.4 Å². The molecule has 0 aliphatic rings. The molecule has 0 rings (SSSR count).